The van der Waals surface area contributed by atoms with Crippen molar-refractivity contribution in [1.29, 1.82) is 0 Å². The summed E-state index contributed by atoms with van der Waals surface area (Å²) in [5.74, 6) is 2.11. The van der Waals surface area contributed by atoms with E-state index in [1.165, 1.54) is 25.7 Å². The number of hydrogen-bond donors (Lipinski definition) is 1. The largest absolute Gasteiger partial charge is 0.493 e. The Morgan fingerprint density at radius 2 is 2.07 bits per heavy atom. The van der Waals surface area contributed by atoms with Gasteiger partial charge in [-0.1, -0.05) is 24.6 Å². The molecule has 7 nitrogen and oxygen atoms in total. The molecule has 1 aromatic heterocycles. The van der Waals surface area contributed by atoms with Crippen LogP contribution in [0.3, 0.4) is 0 Å². The highest BCUT2D eigenvalue weighted by Crippen LogP contribution is 2.33. The number of nitrogens with zero attached hydrogens (tertiary/aromatic N) is 3. The van der Waals surface area contributed by atoms with Crippen molar-refractivity contribution in [2.45, 2.75) is 56.6 Å². The lowest BCUT2D eigenvalue weighted by atomic mass is 10.2. The van der Waals surface area contributed by atoms with E-state index >= 15 is 0 Å². The summed E-state index contributed by atoms with van der Waals surface area (Å²) in [7, 11) is 1.57. The molecule has 2 aromatic rings. The summed E-state index contributed by atoms with van der Waals surface area (Å²) in [6.45, 7) is 3.04. The number of carbonyl (C=O) groups excluding carboxylic acids is 1. The number of methoxy groups -OCH3 is 1. The molecule has 0 spiro atoms. The summed E-state index contributed by atoms with van der Waals surface area (Å²) in [4.78, 5) is 12.5. The van der Waals surface area contributed by atoms with Crippen LogP contribution in [0.5, 0.6) is 11.5 Å². The lowest BCUT2D eigenvalue weighted by Crippen LogP contribution is -2.25. The second-order valence-electron chi connectivity index (χ2n) is 7.07. The Morgan fingerprint density at radius 3 is 2.76 bits per heavy atom. The van der Waals surface area contributed by atoms with Crippen LogP contribution in [-0.4, -0.2) is 47.2 Å². The first kappa shape index (κ1) is 21.5. The molecule has 1 aliphatic carbocycles. The van der Waals surface area contributed by atoms with Crippen LogP contribution in [0.2, 0.25) is 0 Å². The number of thioether (sulfide) groups is 1. The molecular weight excluding hydrogens is 388 g/mol. The molecule has 0 atom stereocenters. The van der Waals surface area contributed by atoms with E-state index in [0.717, 1.165) is 23.8 Å². The Labute approximate surface area is 176 Å². The summed E-state index contributed by atoms with van der Waals surface area (Å²) in [5, 5.41) is 12.7. The number of benzene rings is 1. The van der Waals surface area contributed by atoms with E-state index in [-0.39, 0.29) is 5.91 Å². The highest BCUT2D eigenvalue weighted by atomic mass is 32.2. The minimum absolute atomic E-state index is 0.117. The van der Waals surface area contributed by atoms with Crippen LogP contribution < -0.4 is 14.8 Å². The third-order valence-electron chi connectivity index (χ3n) is 5.20. The standard InChI is InChI=1S/C21H30N4O3S/c1-4-28-17-12-11-15(14-18(17)27-2)20(26)22-13-7-10-19-23-24-21(29-3)25(19)16-8-5-6-9-16/h11-12,14,16H,4-10,13H2,1-3H3,(H,22,26). The van der Waals surface area contributed by atoms with E-state index in [2.05, 4.69) is 20.1 Å². The maximum absolute atomic E-state index is 12.5. The Balaban J connectivity index is 1.54. The predicted molar refractivity (Wildman–Crippen MR) is 114 cm³/mol. The third-order valence-corrected chi connectivity index (χ3v) is 5.84. The second-order valence-corrected chi connectivity index (χ2v) is 7.84. The van der Waals surface area contributed by atoms with Gasteiger partial charge in [0.1, 0.15) is 5.82 Å². The van der Waals surface area contributed by atoms with Gasteiger partial charge in [0.05, 0.1) is 13.7 Å². The number of rotatable bonds is 10. The van der Waals surface area contributed by atoms with Crippen molar-refractivity contribution in [3.05, 3.63) is 29.6 Å². The van der Waals surface area contributed by atoms with Crippen molar-refractivity contribution in [3.63, 3.8) is 0 Å². The first-order chi connectivity index (χ1) is 14.2. The van der Waals surface area contributed by atoms with Crippen molar-refractivity contribution >= 4 is 17.7 Å². The SMILES string of the molecule is CCOc1ccc(C(=O)NCCCc2nnc(SC)n2C2CCCC2)cc1OC. The Bertz CT molecular complexity index is 818. The van der Waals surface area contributed by atoms with Crippen molar-refractivity contribution in [1.82, 2.24) is 20.1 Å². The van der Waals surface area contributed by atoms with E-state index < -0.39 is 0 Å². The topological polar surface area (TPSA) is 78.3 Å². The quantitative estimate of drug-likeness (QED) is 0.466. The zero-order valence-corrected chi connectivity index (χ0v) is 18.3. The predicted octanol–water partition coefficient (Wildman–Crippen LogP) is 3.89. The van der Waals surface area contributed by atoms with Crippen molar-refractivity contribution in [2.24, 2.45) is 0 Å². The van der Waals surface area contributed by atoms with Crippen LogP contribution >= 0.6 is 11.8 Å². The van der Waals surface area contributed by atoms with Gasteiger partial charge in [-0.05, 0) is 50.6 Å². The van der Waals surface area contributed by atoms with Gasteiger partial charge in [-0.15, -0.1) is 10.2 Å². The molecule has 0 radical (unpaired) electrons. The molecule has 29 heavy (non-hydrogen) atoms. The van der Waals surface area contributed by atoms with E-state index in [0.29, 0.717) is 36.3 Å². The van der Waals surface area contributed by atoms with Crippen molar-refractivity contribution in [3.8, 4) is 11.5 Å². The van der Waals surface area contributed by atoms with Crippen LogP contribution in [-0.2, 0) is 6.42 Å². The molecule has 1 aromatic carbocycles. The number of aromatic nitrogens is 3. The summed E-state index contributed by atoms with van der Waals surface area (Å²) < 4.78 is 13.1. The molecule has 1 amide bonds. The molecule has 1 N–H and O–H groups in total. The number of ether oxygens (including phenoxy) is 2. The maximum Gasteiger partial charge on any atom is 0.251 e. The molecule has 158 valence electrons. The average molecular weight is 419 g/mol. The lowest BCUT2D eigenvalue weighted by molar-refractivity contribution is 0.0952. The normalized spacial score (nSPS) is 14.2. The highest BCUT2D eigenvalue weighted by molar-refractivity contribution is 7.98. The van der Waals surface area contributed by atoms with Crippen LogP contribution in [0.4, 0.5) is 0 Å². The van der Waals surface area contributed by atoms with Gasteiger partial charge in [0, 0.05) is 24.6 Å². The number of hydrogen-bond acceptors (Lipinski definition) is 6. The van der Waals surface area contributed by atoms with E-state index in [1.54, 1.807) is 37.1 Å². The van der Waals surface area contributed by atoms with E-state index in [9.17, 15) is 4.79 Å². The fraction of sp³-hybridized carbons (Fsp3) is 0.571. The molecule has 8 heteroatoms. The Kier molecular flexibility index (Phi) is 7.80. The fourth-order valence-corrected chi connectivity index (χ4v) is 4.35. The summed E-state index contributed by atoms with van der Waals surface area (Å²) in [6, 6.07) is 5.76. The van der Waals surface area contributed by atoms with Gasteiger partial charge in [0.25, 0.3) is 5.91 Å². The van der Waals surface area contributed by atoms with Crippen LogP contribution in [0.15, 0.2) is 23.4 Å². The number of carbonyl (C=O) groups is 1. The van der Waals surface area contributed by atoms with Gasteiger partial charge in [0.15, 0.2) is 16.7 Å². The lowest BCUT2D eigenvalue weighted by Gasteiger charge is -2.16. The zero-order chi connectivity index (χ0) is 20.6. The first-order valence-electron chi connectivity index (χ1n) is 10.2. The van der Waals surface area contributed by atoms with E-state index in [1.807, 2.05) is 13.2 Å². The van der Waals surface area contributed by atoms with E-state index in [4.69, 9.17) is 9.47 Å². The molecule has 3 rings (SSSR count). The maximum atomic E-state index is 12.5. The zero-order valence-electron chi connectivity index (χ0n) is 17.4. The number of nitrogens with one attached hydrogen (secondary N) is 1. The molecule has 0 unspecified atom stereocenters. The highest BCUT2D eigenvalue weighted by Gasteiger charge is 2.23. The van der Waals surface area contributed by atoms with Gasteiger partial charge in [-0.25, -0.2) is 0 Å². The number of aryl methyl sites for hydroxylation is 1. The van der Waals surface area contributed by atoms with Gasteiger partial charge in [0.2, 0.25) is 0 Å². The van der Waals surface area contributed by atoms with Gasteiger partial charge in [-0.2, -0.15) is 0 Å². The number of amides is 1. The van der Waals surface area contributed by atoms with Gasteiger partial charge < -0.3 is 19.4 Å². The smallest absolute Gasteiger partial charge is 0.251 e. The Morgan fingerprint density at radius 1 is 1.28 bits per heavy atom. The molecule has 1 aliphatic rings. The summed E-state index contributed by atoms with van der Waals surface area (Å²) in [5.41, 5.74) is 0.559. The molecule has 1 heterocycles. The molecule has 0 saturated heterocycles. The molecule has 0 bridgehead atoms. The molecule has 0 aliphatic heterocycles. The van der Waals surface area contributed by atoms with Crippen molar-refractivity contribution in [2.75, 3.05) is 26.5 Å². The fourth-order valence-electron chi connectivity index (χ4n) is 3.78. The minimum atomic E-state index is -0.117. The van der Waals surface area contributed by atoms with Crippen molar-refractivity contribution < 1.29 is 14.3 Å². The summed E-state index contributed by atoms with van der Waals surface area (Å²) in [6.07, 6.45) is 8.62. The molecule has 1 fully saturated rings. The minimum Gasteiger partial charge on any atom is -0.493 e. The molecule has 1 saturated carbocycles. The average Bonchev–Trinajstić information content (AvgIpc) is 3.40. The molecular formula is C21H30N4O3S. The monoisotopic (exact) mass is 418 g/mol. The van der Waals surface area contributed by atoms with Gasteiger partial charge >= 0.3 is 0 Å². The first-order valence-corrected chi connectivity index (χ1v) is 11.5. The van der Waals surface area contributed by atoms with Crippen LogP contribution in [0.1, 0.15) is 61.3 Å². The third kappa shape index (κ3) is 5.23. The van der Waals surface area contributed by atoms with Gasteiger partial charge in [-0.3, -0.25) is 4.79 Å². The van der Waals surface area contributed by atoms with Crippen LogP contribution in [0.25, 0.3) is 0 Å². The van der Waals surface area contributed by atoms with Crippen LogP contribution in [0, 0.1) is 0 Å². The second kappa shape index (κ2) is 10.5. The summed E-state index contributed by atoms with van der Waals surface area (Å²) >= 11 is 1.65. The Hall–Kier alpha value is -2.22.